The molecule has 1 unspecified atom stereocenters. The van der Waals surface area contributed by atoms with Gasteiger partial charge in [0.05, 0.1) is 12.3 Å². The quantitative estimate of drug-likeness (QED) is 0.764. The Hall–Kier alpha value is -1.04. The molecule has 1 aliphatic heterocycles. The van der Waals surface area contributed by atoms with Gasteiger partial charge < -0.3 is 14.2 Å². The molecule has 5 nitrogen and oxygen atoms in total. The highest BCUT2D eigenvalue weighted by Crippen LogP contribution is 2.31. The molecule has 0 aliphatic carbocycles. The predicted molar refractivity (Wildman–Crippen MR) is 70.7 cm³/mol. The molecule has 106 valence electrons. The summed E-state index contributed by atoms with van der Waals surface area (Å²) in [5, 5.41) is 0. The smallest absolute Gasteiger partial charge is 0.200 e. The molecule has 2 heterocycles. The molecule has 19 heavy (non-hydrogen) atoms. The van der Waals surface area contributed by atoms with E-state index >= 15 is 0 Å². The van der Waals surface area contributed by atoms with Gasteiger partial charge >= 0.3 is 0 Å². The van der Waals surface area contributed by atoms with Crippen molar-refractivity contribution in [3.63, 3.8) is 0 Å². The average Bonchev–Trinajstić information content (AvgIpc) is 2.41. The second-order valence-corrected chi connectivity index (χ2v) is 5.34. The van der Waals surface area contributed by atoms with Crippen LogP contribution in [0.15, 0.2) is 12.3 Å². The van der Waals surface area contributed by atoms with Gasteiger partial charge in [0.2, 0.25) is 6.29 Å². The number of methoxy groups -OCH3 is 2. The fraction of sp³-hybridized carbons (Fsp3) is 0.714. The van der Waals surface area contributed by atoms with E-state index in [2.05, 4.69) is 16.9 Å². The van der Waals surface area contributed by atoms with Crippen molar-refractivity contribution in [1.29, 1.82) is 0 Å². The zero-order chi connectivity index (χ0) is 13.7. The lowest BCUT2D eigenvalue weighted by molar-refractivity contribution is -0.108. The molecule has 1 aromatic rings. The van der Waals surface area contributed by atoms with Gasteiger partial charge in [-0.1, -0.05) is 6.92 Å². The Morgan fingerprint density at radius 3 is 2.84 bits per heavy atom. The molecule has 0 N–H and O–H groups in total. The monoisotopic (exact) mass is 266 g/mol. The number of nitrogens with zero attached hydrogens (tertiary/aromatic N) is 2. The molecule has 0 spiro atoms. The molecular weight excluding hydrogens is 244 g/mol. The second kappa shape index (κ2) is 6.41. The molecule has 1 aliphatic rings. The van der Waals surface area contributed by atoms with E-state index in [1.54, 1.807) is 20.4 Å². The van der Waals surface area contributed by atoms with Gasteiger partial charge in [-0.25, -0.2) is 9.97 Å². The third-order valence-corrected chi connectivity index (χ3v) is 3.50. The molecule has 0 amide bonds. The SMILES string of the molecule is COC(OC)c1ccnc(CC2(C)CCCOC2)n1. The van der Waals surface area contributed by atoms with Crippen LogP contribution in [0.2, 0.25) is 0 Å². The average molecular weight is 266 g/mol. The van der Waals surface area contributed by atoms with Gasteiger partial charge in [0.25, 0.3) is 0 Å². The van der Waals surface area contributed by atoms with Crippen molar-refractivity contribution in [3.8, 4) is 0 Å². The van der Waals surface area contributed by atoms with Gasteiger partial charge in [-0.2, -0.15) is 0 Å². The molecule has 5 heteroatoms. The lowest BCUT2D eigenvalue weighted by atomic mass is 9.81. The van der Waals surface area contributed by atoms with Crippen LogP contribution < -0.4 is 0 Å². The number of ether oxygens (including phenoxy) is 3. The molecule has 1 atom stereocenters. The van der Waals surface area contributed by atoms with Crippen LogP contribution >= 0.6 is 0 Å². The Labute approximate surface area is 114 Å². The fourth-order valence-electron chi connectivity index (χ4n) is 2.48. The van der Waals surface area contributed by atoms with E-state index in [1.165, 1.54) is 0 Å². The first kappa shape index (κ1) is 14.4. The minimum Gasteiger partial charge on any atom is -0.381 e. The van der Waals surface area contributed by atoms with E-state index in [4.69, 9.17) is 14.2 Å². The summed E-state index contributed by atoms with van der Waals surface area (Å²) >= 11 is 0. The minimum absolute atomic E-state index is 0.131. The number of aromatic nitrogens is 2. The van der Waals surface area contributed by atoms with Crippen LogP contribution in [-0.4, -0.2) is 37.4 Å². The number of rotatable bonds is 5. The number of hydrogen-bond acceptors (Lipinski definition) is 5. The molecule has 0 radical (unpaired) electrons. The third-order valence-electron chi connectivity index (χ3n) is 3.50. The van der Waals surface area contributed by atoms with Crippen molar-refractivity contribution in [2.24, 2.45) is 5.41 Å². The largest absolute Gasteiger partial charge is 0.381 e. The standard InChI is InChI=1S/C14H22N2O3/c1-14(6-4-8-19-10-14)9-12-15-7-5-11(16-12)13(17-2)18-3/h5,7,13H,4,6,8-10H2,1-3H3. The van der Waals surface area contributed by atoms with Crippen LogP contribution in [0.4, 0.5) is 0 Å². The maximum absolute atomic E-state index is 5.57. The molecule has 1 saturated heterocycles. The van der Waals surface area contributed by atoms with E-state index in [9.17, 15) is 0 Å². The van der Waals surface area contributed by atoms with Crippen molar-refractivity contribution in [1.82, 2.24) is 9.97 Å². The zero-order valence-corrected chi connectivity index (χ0v) is 11.9. The molecule has 1 fully saturated rings. The van der Waals surface area contributed by atoms with E-state index < -0.39 is 6.29 Å². The molecule has 0 bridgehead atoms. The topological polar surface area (TPSA) is 53.5 Å². The Bertz CT molecular complexity index is 401. The van der Waals surface area contributed by atoms with Gasteiger partial charge in [0.1, 0.15) is 5.82 Å². The molecule has 1 aromatic heterocycles. The Kier molecular flexibility index (Phi) is 4.85. The second-order valence-electron chi connectivity index (χ2n) is 5.34. The van der Waals surface area contributed by atoms with Crippen molar-refractivity contribution in [2.45, 2.75) is 32.5 Å². The summed E-state index contributed by atoms with van der Waals surface area (Å²) in [7, 11) is 3.21. The summed E-state index contributed by atoms with van der Waals surface area (Å²) in [5.74, 6) is 0.824. The zero-order valence-electron chi connectivity index (χ0n) is 11.9. The van der Waals surface area contributed by atoms with Gasteiger partial charge in [-0.15, -0.1) is 0 Å². The Balaban J connectivity index is 2.10. The first-order valence-corrected chi connectivity index (χ1v) is 6.62. The van der Waals surface area contributed by atoms with E-state index in [1.807, 2.05) is 6.07 Å². The highest BCUT2D eigenvalue weighted by molar-refractivity contribution is 5.05. The van der Waals surface area contributed by atoms with E-state index in [-0.39, 0.29) is 5.41 Å². The van der Waals surface area contributed by atoms with Gasteiger partial charge in [0, 0.05) is 33.4 Å². The maximum atomic E-state index is 5.57. The lowest BCUT2D eigenvalue weighted by Gasteiger charge is -2.32. The van der Waals surface area contributed by atoms with Crippen molar-refractivity contribution < 1.29 is 14.2 Å². The van der Waals surface area contributed by atoms with Crippen LogP contribution in [0, 0.1) is 5.41 Å². The number of hydrogen-bond donors (Lipinski definition) is 0. The molecular formula is C14H22N2O3. The summed E-state index contributed by atoms with van der Waals surface area (Å²) in [4.78, 5) is 8.89. The van der Waals surface area contributed by atoms with Crippen LogP contribution in [0.3, 0.4) is 0 Å². The van der Waals surface area contributed by atoms with Gasteiger partial charge in [0.15, 0.2) is 0 Å². The normalized spacial score (nSPS) is 23.8. The minimum atomic E-state index is -0.433. The summed E-state index contributed by atoms with van der Waals surface area (Å²) in [5.41, 5.74) is 0.891. The summed E-state index contributed by atoms with van der Waals surface area (Å²) < 4.78 is 16.0. The summed E-state index contributed by atoms with van der Waals surface area (Å²) in [6.45, 7) is 3.87. The maximum Gasteiger partial charge on any atom is 0.200 e. The van der Waals surface area contributed by atoms with Crippen molar-refractivity contribution in [2.75, 3.05) is 27.4 Å². The third kappa shape index (κ3) is 3.72. The van der Waals surface area contributed by atoms with E-state index in [0.717, 1.165) is 44.0 Å². The van der Waals surface area contributed by atoms with Gasteiger partial charge in [-0.05, 0) is 24.3 Å². The van der Waals surface area contributed by atoms with Crippen LogP contribution in [0.5, 0.6) is 0 Å². The fourth-order valence-corrected chi connectivity index (χ4v) is 2.48. The van der Waals surface area contributed by atoms with Gasteiger partial charge in [-0.3, -0.25) is 0 Å². The lowest BCUT2D eigenvalue weighted by Crippen LogP contribution is -2.31. The highest BCUT2D eigenvalue weighted by atomic mass is 16.7. The highest BCUT2D eigenvalue weighted by Gasteiger charge is 2.29. The van der Waals surface area contributed by atoms with E-state index in [0.29, 0.717) is 0 Å². The van der Waals surface area contributed by atoms with Crippen LogP contribution in [0.25, 0.3) is 0 Å². The van der Waals surface area contributed by atoms with Crippen molar-refractivity contribution >= 4 is 0 Å². The van der Waals surface area contributed by atoms with Crippen LogP contribution in [-0.2, 0) is 20.6 Å². The molecule has 0 aromatic carbocycles. The van der Waals surface area contributed by atoms with Crippen LogP contribution in [0.1, 0.15) is 37.6 Å². The van der Waals surface area contributed by atoms with Crippen molar-refractivity contribution in [3.05, 3.63) is 23.8 Å². The Morgan fingerprint density at radius 2 is 2.21 bits per heavy atom. The predicted octanol–water partition coefficient (Wildman–Crippen LogP) is 2.13. The Morgan fingerprint density at radius 1 is 1.42 bits per heavy atom. The summed E-state index contributed by atoms with van der Waals surface area (Å²) in [6, 6.07) is 1.82. The first-order valence-electron chi connectivity index (χ1n) is 6.62. The molecule has 2 rings (SSSR count). The summed E-state index contributed by atoms with van der Waals surface area (Å²) in [6.07, 6.45) is 4.40. The first-order chi connectivity index (χ1) is 9.17. The molecule has 0 saturated carbocycles.